The second-order valence-electron chi connectivity index (χ2n) is 4.52. The number of carboxylic acids is 1. The highest BCUT2D eigenvalue weighted by Crippen LogP contribution is 2.28. The Labute approximate surface area is 117 Å². The zero-order valence-corrected chi connectivity index (χ0v) is 11.4. The molecule has 0 aliphatic heterocycles. The van der Waals surface area contributed by atoms with Gasteiger partial charge in [0.2, 0.25) is 0 Å². The summed E-state index contributed by atoms with van der Waals surface area (Å²) in [5, 5.41) is 15.4. The van der Waals surface area contributed by atoms with Crippen LogP contribution in [0.1, 0.15) is 36.7 Å². The lowest BCUT2D eigenvalue weighted by atomic mass is 10.1. The normalized spacial score (nSPS) is 10.4. The first-order valence-electron chi connectivity index (χ1n) is 6.73. The van der Waals surface area contributed by atoms with Crippen molar-refractivity contribution in [2.75, 3.05) is 6.61 Å². The monoisotopic (exact) mass is 274 g/mol. The van der Waals surface area contributed by atoms with Gasteiger partial charge in [-0.2, -0.15) is 5.10 Å². The predicted octanol–water partition coefficient (Wildman–Crippen LogP) is 3.34. The van der Waals surface area contributed by atoms with Crippen LogP contribution in [0.3, 0.4) is 0 Å². The van der Waals surface area contributed by atoms with E-state index in [4.69, 9.17) is 9.84 Å². The van der Waals surface area contributed by atoms with Crippen LogP contribution in [0.15, 0.2) is 30.3 Å². The van der Waals surface area contributed by atoms with E-state index in [-0.39, 0.29) is 5.69 Å². The molecule has 1 aromatic heterocycles. The van der Waals surface area contributed by atoms with Crippen molar-refractivity contribution in [3.8, 4) is 17.0 Å². The Hall–Kier alpha value is -2.30. The number of ether oxygens (including phenoxy) is 1. The summed E-state index contributed by atoms with van der Waals surface area (Å²) in [5.74, 6) is -0.294. The Kier molecular flexibility index (Phi) is 4.76. The summed E-state index contributed by atoms with van der Waals surface area (Å²) in [5.41, 5.74) is 1.45. The van der Waals surface area contributed by atoms with Crippen LogP contribution in [0.25, 0.3) is 11.3 Å². The van der Waals surface area contributed by atoms with E-state index in [1.54, 1.807) is 0 Å². The molecule has 0 saturated heterocycles. The number of benzene rings is 1. The highest BCUT2D eigenvalue weighted by atomic mass is 16.5. The van der Waals surface area contributed by atoms with E-state index in [1.807, 2.05) is 24.3 Å². The number of aromatic carboxylic acids is 1. The number of nitrogens with zero attached hydrogens (tertiary/aromatic N) is 1. The molecule has 20 heavy (non-hydrogen) atoms. The average Bonchev–Trinajstić information content (AvgIpc) is 2.94. The Morgan fingerprint density at radius 1 is 1.35 bits per heavy atom. The summed E-state index contributed by atoms with van der Waals surface area (Å²) in [7, 11) is 0. The Bertz CT molecular complexity index is 578. The number of hydrogen-bond acceptors (Lipinski definition) is 3. The van der Waals surface area contributed by atoms with Gasteiger partial charge in [0, 0.05) is 5.56 Å². The van der Waals surface area contributed by atoms with Crippen LogP contribution < -0.4 is 4.74 Å². The molecule has 0 spiro atoms. The Morgan fingerprint density at radius 3 is 2.85 bits per heavy atom. The smallest absolute Gasteiger partial charge is 0.353 e. The van der Waals surface area contributed by atoms with Crippen LogP contribution in [0.5, 0.6) is 5.75 Å². The van der Waals surface area contributed by atoms with Crippen molar-refractivity contribution in [2.24, 2.45) is 0 Å². The molecule has 106 valence electrons. The number of carbonyl (C=O) groups is 1. The minimum Gasteiger partial charge on any atom is -0.493 e. The molecule has 2 N–H and O–H groups in total. The Balaban J connectivity index is 2.16. The summed E-state index contributed by atoms with van der Waals surface area (Å²) in [6.45, 7) is 2.80. The zero-order valence-electron chi connectivity index (χ0n) is 11.4. The quantitative estimate of drug-likeness (QED) is 0.759. The lowest BCUT2D eigenvalue weighted by Crippen LogP contribution is -1.98. The van der Waals surface area contributed by atoms with Gasteiger partial charge in [-0.05, 0) is 24.6 Å². The molecule has 0 radical (unpaired) electrons. The molecule has 0 bridgehead atoms. The van der Waals surface area contributed by atoms with Gasteiger partial charge in [0.05, 0.1) is 12.3 Å². The molecule has 1 heterocycles. The fourth-order valence-corrected chi connectivity index (χ4v) is 1.91. The van der Waals surface area contributed by atoms with Gasteiger partial charge in [-0.15, -0.1) is 0 Å². The standard InChI is InChI=1S/C15H18N2O3/c1-2-3-6-9-20-14-8-5-4-7-11(14)12-10-13(15(18)19)17-16-12/h4-5,7-8,10H,2-3,6,9H2,1H3,(H,16,17)(H,18,19). The van der Waals surface area contributed by atoms with Gasteiger partial charge in [0.15, 0.2) is 0 Å². The van der Waals surface area contributed by atoms with E-state index in [2.05, 4.69) is 17.1 Å². The summed E-state index contributed by atoms with van der Waals surface area (Å²) in [6.07, 6.45) is 3.28. The molecular weight excluding hydrogens is 256 g/mol. The van der Waals surface area contributed by atoms with Gasteiger partial charge in [-0.1, -0.05) is 31.9 Å². The highest BCUT2D eigenvalue weighted by Gasteiger charge is 2.12. The molecule has 0 aliphatic rings. The van der Waals surface area contributed by atoms with E-state index in [1.165, 1.54) is 6.07 Å². The first kappa shape index (κ1) is 14.1. The molecule has 5 heteroatoms. The number of nitrogens with one attached hydrogen (secondary N) is 1. The van der Waals surface area contributed by atoms with Gasteiger partial charge < -0.3 is 9.84 Å². The van der Waals surface area contributed by atoms with Gasteiger partial charge >= 0.3 is 5.97 Å². The molecule has 1 aromatic carbocycles. The van der Waals surface area contributed by atoms with Crippen molar-refractivity contribution < 1.29 is 14.6 Å². The lowest BCUT2D eigenvalue weighted by molar-refractivity contribution is 0.0690. The average molecular weight is 274 g/mol. The van der Waals surface area contributed by atoms with Gasteiger partial charge in [0.1, 0.15) is 11.4 Å². The second kappa shape index (κ2) is 6.75. The molecule has 0 atom stereocenters. The van der Waals surface area contributed by atoms with Gasteiger partial charge in [0.25, 0.3) is 0 Å². The molecular formula is C15H18N2O3. The van der Waals surface area contributed by atoms with E-state index in [9.17, 15) is 4.79 Å². The number of aromatic nitrogens is 2. The van der Waals surface area contributed by atoms with Crippen LogP contribution in [-0.2, 0) is 0 Å². The largest absolute Gasteiger partial charge is 0.493 e. The van der Waals surface area contributed by atoms with E-state index >= 15 is 0 Å². The van der Waals surface area contributed by atoms with Crippen molar-refractivity contribution >= 4 is 5.97 Å². The van der Waals surface area contributed by atoms with Crippen LogP contribution in [-0.4, -0.2) is 27.9 Å². The van der Waals surface area contributed by atoms with Crippen LogP contribution in [0.4, 0.5) is 0 Å². The van der Waals surface area contributed by atoms with E-state index in [0.717, 1.165) is 30.6 Å². The third-order valence-electron chi connectivity index (χ3n) is 2.98. The predicted molar refractivity (Wildman–Crippen MR) is 76.0 cm³/mol. The van der Waals surface area contributed by atoms with E-state index < -0.39 is 5.97 Å². The zero-order chi connectivity index (χ0) is 14.4. The number of carboxylic acid groups (broad SMARTS) is 1. The first-order chi connectivity index (χ1) is 9.72. The highest BCUT2D eigenvalue weighted by molar-refractivity contribution is 5.87. The number of rotatable bonds is 7. The summed E-state index contributed by atoms with van der Waals surface area (Å²) >= 11 is 0. The second-order valence-corrected chi connectivity index (χ2v) is 4.52. The van der Waals surface area contributed by atoms with Gasteiger partial charge in [-0.25, -0.2) is 4.79 Å². The SMILES string of the molecule is CCCCCOc1ccccc1-c1cc(C(=O)O)[nH]n1. The number of H-pyrrole nitrogens is 1. The molecule has 2 aromatic rings. The topological polar surface area (TPSA) is 75.2 Å². The third kappa shape index (κ3) is 3.38. The maximum Gasteiger partial charge on any atom is 0.353 e. The molecule has 0 amide bonds. The minimum absolute atomic E-state index is 0.0702. The Morgan fingerprint density at radius 2 is 2.15 bits per heavy atom. The number of para-hydroxylation sites is 1. The maximum absolute atomic E-state index is 10.9. The van der Waals surface area contributed by atoms with Crippen molar-refractivity contribution in [3.05, 3.63) is 36.0 Å². The number of unbranched alkanes of at least 4 members (excludes halogenated alkanes) is 2. The van der Waals surface area contributed by atoms with E-state index in [0.29, 0.717) is 12.3 Å². The molecule has 0 fully saturated rings. The summed E-state index contributed by atoms with van der Waals surface area (Å²) < 4.78 is 5.76. The van der Waals surface area contributed by atoms with Crippen LogP contribution >= 0.6 is 0 Å². The van der Waals surface area contributed by atoms with Crippen molar-refractivity contribution in [3.63, 3.8) is 0 Å². The fraction of sp³-hybridized carbons (Fsp3) is 0.333. The first-order valence-corrected chi connectivity index (χ1v) is 6.73. The van der Waals surface area contributed by atoms with Gasteiger partial charge in [-0.3, -0.25) is 5.10 Å². The van der Waals surface area contributed by atoms with Crippen LogP contribution in [0, 0.1) is 0 Å². The van der Waals surface area contributed by atoms with Crippen molar-refractivity contribution in [1.82, 2.24) is 10.2 Å². The summed E-state index contributed by atoms with van der Waals surface area (Å²) in [4.78, 5) is 10.9. The third-order valence-corrected chi connectivity index (χ3v) is 2.98. The minimum atomic E-state index is -1.02. The van der Waals surface area contributed by atoms with Crippen LogP contribution in [0.2, 0.25) is 0 Å². The molecule has 0 aliphatic carbocycles. The van der Waals surface area contributed by atoms with Crippen molar-refractivity contribution in [1.29, 1.82) is 0 Å². The molecule has 0 saturated carbocycles. The number of hydrogen-bond donors (Lipinski definition) is 2. The lowest BCUT2D eigenvalue weighted by Gasteiger charge is -2.09. The molecule has 0 unspecified atom stereocenters. The van der Waals surface area contributed by atoms with Crippen molar-refractivity contribution in [2.45, 2.75) is 26.2 Å². The summed E-state index contributed by atoms with van der Waals surface area (Å²) in [6, 6.07) is 9.02. The number of aromatic amines is 1. The fourth-order valence-electron chi connectivity index (χ4n) is 1.91. The maximum atomic E-state index is 10.9. The molecule has 2 rings (SSSR count). The molecule has 5 nitrogen and oxygen atoms in total.